The maximum absolute atomic E-state index is 6.39. The quantitative estimate of drug-likeness (QED) is 0.860. The van der Waals surface area contributed by atoms with Crippen LogP contribution < -0.4 is 5.73 Å². The maximum Gasteiger partial charge on any atom is 0.0253 e. The molecule has 17 heavy (non-hydrogen) atoms. The van der Waals surface area contributed by atoms with Gasteiger partial charge in [0.25, 0.3) is 0 Å². The highest BCUT2D eigenvalue weighted by Gasteiger charge is 2.38. The summed E-state index contributed by atoms with van der Waals surface area (Å²) in [6, 6.07) is 11.8. The maximum atomic E-state index is 6.39. The van der Waals surface area contributed by atoms with Gasteiger partial charge in [-0.15, -0.1) is 0 Å². The van der Waals surface area contributed by atoms with Crippen LogP contribution in [0.2, 0.25) is 0 Å². The monoisotopic (exact) mass is 230 g/mol. The van der Waals surface area contributed by atoms with Crippen molar-refractivity contribution in [3.05, 3.63) is 35.9 Å². The van der Waals surface area contributed by atoms with E-state index >= 15 is 0 Å². The fraction of sp³-hybridized carbons (Fsp3) is 0.600. The standard InChI is InChI=1S/C15H22N2/c16-15(13-8-9-13)14-7-4-10-17(14)11-12-5-2-1-3-6-12/h1-3,5-6,13-15H,4,7-11,16H2. The average molecular weight is 230 g/mol. The second kappa shape index (κ2) is 4.79. The molecule has 0 bridgehead atoms. The Hall–Kier alpha value is -0.860. The highest BCUT2D eigenvalue weighted by Crippen LogP contribution is 2.36. The molecule has 0 radical (unpaired) electrons. The molecule has 1 aliphatic carbocycles. The summed E-state index contributed by atoms with van der Waals surface area (Å²) in [6.45, 7) is 2.30. The van der Waals surface area contributed by atoms with E-state index in [4.69, 9.17) is 5.73 Å². The number of benzene rings is 1. The first-order valence-electron chi connectivity index (χ1n) is 6.88. The minimum absolute atomic E-state index is 0.418. The van der Waals surface area contributed by atoms with Gasteiger partial charge < -0.3 is 5.73 Å². The van der Waals surface area contributed by atoms with Crippen LogP contribution in [0.5, 0.6) is 0 Å². The third-order valence-corrected chi connectivity index (χ3v) is 4.25. The fourth-order valence-corrected chi connectivity index (χ4v) is 3.10. The minimum Gasteiger partial charge on any atom is -0.326 e. The number of rotatable bonds is 4. The van der Waals surface area contributed by atoms with Crippen LogP contribution in [0.3, 0.4) is 0 Å². The van der Waals surface area contributed by atoms with Gasteiger partial charge in [0.15, 0.2) is 0 Å². The number of hydrogen-bond acceptors (Lipinski definition) is 2. The van der Waals surface area contributed by atoms with E-state index in [0.29, 0.717) is 12.1 Å². The van der Waals surface area contributed by atoms with Crippen molar-refractivity contribution < 1.29 is 0 Å². The molecule has 1 aromatic rings. The van der Waals surface area contributed by atoms with Gasteiger partial charge in [-0.3, -0.25) is 4.90 Å². The Morgan fingerprint density at radius 1 is 1.18 bits per heavy atom. The summed E-state index contributed by atoms with van der Waals surface area (Å²) in [4.78, 5) is 2.60. The number of likely N-dealkylation sites (tertiary alicyclic amines) is 1. The first kappa shape index (κ1) is 11.2. The second-order valence-electron chi connectivity index (χ2n) is 5.58. The molecule has 1 saturated heterocycles. The van der Waals surface area contributed by atoms with Crippen LogP contribution in [0.4, 0.5) is 0 Å². The molecule has 1 aromatic carbocycles. The molecule has 2 nitrogen and oxygen atoms in total. The van der Waals surface area contributed by atoms with Gasteiger partial charge in [-0.2, -0.15) is 0 Å². The summed E-state index contributed by atoms with van der Waals surface area (Å²) in [6.07, 6.45) is 5.33. The Morgan fingerprint density at radius 2 is 1.94 bits per heavy atom. The lowest BCUT2D eigenvalue weighted by atomic mass is 10.0. The van der Waals surface area contributed by atoms with Crippen LogP contribution in [-0.4, -0.2) is 23.5 Å². The predicted octanol–water partition coefficient (Wildman–Crippen LogP) is 2.39. The third-order valence-electron chi connectivity index (χ3n) is 4.25. The van der Waals surface area contributed by atoms with Crippen molar-refractivity contribution in [1.29, 1.82) is 0 Å². The Morgan fingerprint density at radius 3 is 2.65 bits per heavy atom. The van der Waals surface area contributed by atoms with E-state index in [1.165, 1.54) is 37.8 Å². The van der Waals surface area contributed by atoms with Crippen LogP contribution in [0.15, 0.2) is 30.3 Å². The van der Waals surface area contributed by atoms with Crippen molar-refractivity contribution in [2.45, 2.75) is 44.3 Å². The SMILES string of the molecule is NC(C1CC1)C1CCCN1Cc1ccccc1. The molecule has 3 rings (SSSR count). The predicted molar refractivity (Wildman–Crippen MR) is 70.6 cm³/mol. The summed E-state index contributed by atoms with van der Waals surface area (Å²) < 4.78 is 0. The van der Waals surface area contributed by atoms with Crippen molar-refractivity contribution in [3.8, 4) is 0 Å². The average Bonchev–Trinajstić information content (AvgIpc) is 3.11. The lowest BCUT2D eigenvalue weighted by molar-refractivity contribution is 0.206. The molecule has 2 atom stereocenters. The second-order valence-corrected chi connectivity index (χ2v) is 5.58. The summed E-state index contributed by atoms with van der Waals surface area (Å²) in [7, 11) is 0. The molecule has 0 aromatic heterocycles. The fourth-order valence-electron chi connectivity index (χ4n) is 3.10. The highest BCUT2D eigenvalue weighted by atomic mass is 15.2. The van der Waals surface area contributed by atoms with Crippen LogP contribution in [0.1, 0.15) is 31.2 Å². The van der Waals surface area contributed by atoms with Crippen LogP contribution >= 0.6 is 0 Å². The lowest BCUT2D eigenvalue weighted by Crippen LogP contribution is -2.45. The lowest BCUT2D eigenvalue weighted by Gasteiger charge is -2.29. The molecule has 2 N–H and O–H groups in total. The van der Waals surface area contributed by atoms with Gasteiger partial charge in [-0.05, 0) is 43.7 Å². The van der Waals surface area contributed by atoms with Crippen LogP contribution in [0, 0.1) is 5.92 Å². The van der Waals surface area contributed by atoms with Gasteiger partial charge >= 0.3 is 0 Å². The largest absolute Gasteiger partial charge is 0.326 e. The van der Waals surface area contributed by atoms with Crippen LogP contribution in [-0.2, 0) is 6.54 Å². The smallest absolute Gasteiger partial charge is 0.0253 e. The van der Waals surface area contributed by atoms with Crippen molar-refractivity contribution in [1.82, 2.24) is 4.90 Å². The molecule has 2 fully saturated rings. The molecule has 0 spiro atoms. The minimum atomic E-state index is 0.418. The van der Waals surface area contributed by atoms with Gasteiger partial charge in [0.05, 0.1) is 0 Å². The number of hydrogen-bond donors (Lipinski definition) is 1. The van der Waals surface area contributed by atoms with Crippen molar-refractivity contribution in [3.63, 3.8) is 0 Å². The van der Waals surface area contributed by atoms with E-state index in [1.807, 2.05) is 0 Å². The van der Waals surface area contributed by atoms with Gasteiger partial charge in [-0.25, -0.2) is 0 Å². The van der Waals surface area contributed by atoms with E-state index in [2.05, 4.69) is 35.2 Å². The van der Waals surface area contributed by atoms with E-state index in [1.54, 1.807) is 0 Å². The van der Waals surface area contributed by atoms with Crippen molar-refractivity contribution >= 4 is 0 Å². The van der Waals surface area contributed by atoms with E-state index in [0.717, 1.165) is 12.5 Å². The first-order chi connectivity index (χ1) is 8.34. The van der Waals surface area contributed by atoms with Gasteiger partial charge in [0, 0.05) is 18.6 Å². The Balaban J connectivity index is 1.65. The Labute approximate surface area is 104 Å². The normalized spacial score (nSPS) is 27.2. The molecular formula is C15H22N2. The molecule has 2 heteroatoms. The molecule has 92 valence electrons. The highest BCUT2D eigenvalue weighted by molar-refractivity contribution is 5.15. The summed E-state index contributed by atoms with van der Waals surface area (Å²) >= 11 is 0. The van der Waals surface area contributed by atoms with E-state index in [9.17, 15) is 0 Å². The first-order valence-corrected chi connectivity index (χ1v) is 6.88. The van der Waals surface area contributed by atoms with Gasteiger partial charge in [0.2, 0.25) is 0 Å². The third kappa shape index (κ3) is 2.53. The Kier molecular flexibility index (Phi) is 3.17. The molecule has 2 aliphatic rings. The molecule has 2 unspecified atom stereocenters. The van der Waals surface area contributed by atoms with Crippen molar-refractivity contribution in [2.75, 3.05) is 6.54 Å². The van der Waals surface area contributed by atoms with Crippen LogP contribution in [0.25, 0.3) is 0 Å². The molecule has 0 amide bonds. The summed E-state index contributed by atoms with van der Waals surface area (Å²) in [5.74, 6) is 0.816. The van der Waals surface area contributed by atoms with Crippen molar-refractivity contribution in [2.24, 2.45) is 11.7 Å². The molecular weight excluding hydrogens is 208 g/mol. The van der Waals surface area contributed by atoms with E-state index in [-0.39, 0.29) is 0 Å². The molecule has 1 aliphatic heterocycles. The van der Waals surface area contributed by atoms with E-state index < -0.39 is 0 Å². The molecule has 1 saturated carbocycles. The summed E-state index contributed by atoms with van der Waals surface area (Å²) in [5.41, 5.74) is 7.81. The zero-order chi connectivity index (χ0) is 11.7. The van der Waals surface area contributed by atoms with Gasteiger partial charge in [0.1, 0.15) is 0 Å². The van der Waals surface area contributed by atoms with Gasteiger partial charge in [-0.1, -0.05) is 30.3 Å². The number of nitrogens with two attached hydrogens (primary N) is 1. The zero-order valence-electron chi connectivity index (χ0n) is 10.4. The zero-order valence-corrected chi connectivity index (χ0v) is 10.4. The number of nitrogens with zero attached hydrogens (tertiary/aromatic N) is 1. The summed E-state index contributed by atoms with van der Waals surface area (Å²) in [5, 5.41) is 0. The molecule has 1 heterocycles. The topological polar surface area (TPSA) is 29.3 Å². The Bertz CT molecular complexity index is 358.